The molecule has 7 nitrogen and oxygen atoms in total. The van der Waals surface area contributed by atoms with Crippen molar-refractivity contribution >= 4 is 17.4 Å². The molecule has 1 atom stereocenters. The van der Waals surface area contributed by atoms with Crippen LogP contribution in [0.4, 0.5) is 0 Å². The van der Waals surface area contributed by atoms with Crippen molar-refractivity contribution in [2.24, 2.45) is 0 Å². The number of hydrogen-bond acceptors (Lipinski definition) is 6. The van der Waals surface area contributed by atoms with Gasteiger partial charge in [0.15, 0.2) is 11.5 Å². The highest BCUT2D eigenvalue weighted by Gasteiger charge is 2.46. The number of benzene rings is 3. The molecule has 0 aliphatic carbocycles. The van der Waals surface area contributed by atoms with E-state index in [0.717, 1.165) is 12.0 Å². The number of amides is 1. The summed E-state index contributed by atoms with van der Waals surface area (Å²) in [5, 5.41) is 11.4. The maximum atomic E-state index is 13.4. The Kier molecular flexibility index (Phi) is 7.12. The third-order valence-electron chi connectivity index (χ3n) is 6.49. The zero-order chi connectivity index (χ0) is 25.8. The Labute approximate surface area is 215 Å². The van der Waals surface area contributed by atoms with Crippen molar-refractivity contribution < 1.29 is 28.9 Å². The van der Waals surface area contributed by atoms with E-state index in [-0.39, 0.29) is 11.3 Å². The standard InChI is InChI=1S/C30H29NO6/c1-2-15-35-23-10-6-9-21(18-23)27-26(28(32)22-11-12-24-25(19-22)37-17-16-36-24)29(33)30(34)31(27)14-13-20-7-4-3-5-8-20/h3-12,18-19,27,32H,2,13-17H2,1H3/b28-26-. The first-order valence-electron chi connectivity index (χ1n) is 12.5. The monoisotopic (exact) mass is 499 g/mol. The Morgan fingerprint density at radius 2 is 1.76 bits per heavy atom. The van der Waals surface area contributed by atoms with Gasteiger partial charge in [-0.3, -0.25) is 9.59 Å². The van der Waals surface area contributed by atoms with Crippen molar-refractivity contribution in [2.75, 3.05) is 26.4 Å². The average molecular weight is 500 g/mol. The van der Waals surface area contributed by atoms with Gasteiger partial charge in [-0.2, -0.15) is 0 Å². The van der Waals surface area contributed by atoms with Crippen molar-refractivity contribution in [3.05, 3.63) is 95.1 Å². The molecular weight excluding hydrogens is 470 g/mol. The lowest BCUT2D eigenvalue weighted by Gasteiger charge is -2.26. The van der Waals surface area contributed by atoms with Crippen molar-refractivity contribution in [2.45, 2.75) is 25.8 Å². The SMILES string of the molecule is CCCOc1cccc(C2/C(=C(/O)c3ccc4c(c3)OCCO4)C(=O)C(=O)N2CCc2ccccc2)c1. The summed E-state index contributed by atoms with van der Waals surface area (Å²) >= 11 is 0. The van der Waals surface area contributed by atoms with E-state index in [0.29, 0.717) is 61.2 Å². The van der Waals surface area contributed by atoms with Crippen LogP contribution in [0.2, 0.25) is 0 Å². The minimum absolute atomic E-state index is 0.0439. The lowest BCUT2D eigenvalue weighted by atomic mass is 9.95. The van der Waals surface area contributed by atoms with Crippen molar-refractivity contribution in [1.29, 1.82) is 0 Å². The smallest absolute Gasteiger partial charge is 0.295 e. The molecule has 0 saturated carbocycles. The number of aliphatic hydroxyl groups excluding tert-OH is 1. The van der Waals surface area contributed by atoms with Crippen LogP contribution in [0.1, 0.15) is 36.1 Å². The van der Waals surface area contributed by atoms with Gasteiger partial charge in [-0.25, -0.2) is 0 Å². The second-order valence-electron chi connectivity index (χ2n) is 9.01. The summed E-state index contributed by atoms with van der Waals surface area (Å²) in [5.74, 6) is 0.100. The van der Waals surface area contributed by atoms with Gasteiger partial charge < -0.3 is 24.2 Å². The fourth-order valence-electron chi connectivity index (χ4n) is 4.69. The van der Waals surface area contributed by atoms with Crippen molar-refractivity contribution in [3.63, 3.8) is 0 Å². The average Bonchev–Trinajstić information content (AvgIpc) is 3.20. The highest BCUT2D eigenvalue weighted by atomic mass is 16.6. The fourth-order valence-corrected chi connectivity index (χ4v) is 4.69. The Morgan fingerprint density at radius 3 is 2.54 bits per heavy atom. The third kappa shape index (κ3) is 5.03. The van der Waals surface area contributed by atoms with Crippen LogP contribution in [0.5, 0.6) is 17.2 Å². The zero-order valence-corrected chi connectivity index (χ0v) is 20.7. The second-order valence-corrected chi connectivity index (χ2v) is 9.01. The number of ether oxygens (including phenoxy) is 3. The zero-order valence-electron chi connectivity index (χ0n) is 20.7. The van der Waals surface area contributed by atoms with Crippen molar-refractivity contribution in [1.82, 2.24) is 4.90 Å². The minimum atomic E-state index is -0.762. The van der Waals surface area contributed by atoms with Crippen LogP contribution in [0.15, 0.2) is 78.4 Å². The van der Waals surface area contributed by atoms with E-state index in [1.54, 1.807) is 18.2 Å². The van der Waals surface area contributed by atoms with Gasteiger partial charge in [-0.1, -0.05) is 49.4 Å². The normalized spacial score (nSPS) is 18.2. The first-order valence-corrected chi connectivity index (χ1v) is 12.5. The molecule has 1 N–H and O–H groups in total. The maximum absolute atomic E-state index is 13.4. The molecular formula is C30H29NO6. The largest absolute Gasteiger partial charge is 0.507 e. The molecule has 2 aliphatic heterocycles. The topological polar surface area (TPSA) is 85.3 Å². The predicted molar refractivity (Wildman–Crippen MR) is 139 cm³/mol. The van der Waals surface area contributed by atoms with E-state index in [9.17, 15) is 14.7 Å². The molecule has 7 heteroatoms. The number of carbonyl (C=O) groups excluding carboxylic acids is 2. The van der Waals surface area contributed by atoms with Crippen LogP contribution >= 0.6 is 0 Å². The molecule has 0 bridgehead atoms. The molecule has 2 heterocycles. The van der Waals surface area contributed by atoms with E-state index in [4.69, 9.17) is 14.2 Å². The molecule has 1 saturated heterocycles. The summed E-state index contributed by atoms with van der Waals surface area (Å²) in [6.45, 7) is 3.73. The summed E-state index contributed by atoms with van der Waals surface area (Å²) in [7, 11) is 0. The number of aliphatic hydroxyl groups is 1. The van der Waals surface area contributed by atoms with Gasteiger partial charge in [-0.15, -0.1) is 0 Å². The van der Waals surface area contributed by atoms with E-state index < -0.39 is 17.7 Å². The number of hydrogen-bond donors (Lipinski definition) is 1. The van der Waals surface area contributed by atoms with Gasteiger partial charge in [0.25, 0.3) is 11.7 Å². The molecule has 190 valence electrons. The molecule has 3 aromatic carbocycles. The van der Waals surface area contributed by atoms with Crippen molar-refractivity contribution in [3.8, 4) is 17.2 Å². The van der Waals surface area contributed by atoms with Crippen LogP contribution < -0.4 is 14.2 Å². The van der Waals surface area contributed by atoms with Crippen LogP contribution in [0.25, 0.3) is 5.76 Å². The molecule has 1 unspecified atom stereocenters. The molecule has 5 rings (SSSR count). The van der Waals surface area contributed by atoms with Gasteiger partial charge in [0.1, 0.15) is 24.7 Å². The Bertz CT molecular complexity index is 1330. The van der Waals surface area contributed by atoms with Crippen LogP contribution in [0, 0.1) is 0 Å². The number of rotatable bonds is 8. The molecule has 0 radical (unpaired) electrons. The van der Waals surface area contributed by atoms with Crippen LogP contribution in [-0.4, -0.2) is 48.1 Å². The van der Waals surface area contributed by atoms with E-state index in [1.807, 2.05) is 61.5 Å². The van der Waals surface area contributed by atoms with E-state index >= 15 is 0 Å². The van der Waals surface area contributed by atoms with Gasteiger partial charge in [-0.05, 0) is 54.3 Å². The first kappa shape index (κ1) is 24.4. The number of nitrogens with zero attached hydrogens (tertiary/aromatic N) is 1. The van der Waals surface area contributed by atoms with Crippen LogP contribution in [0.3, 0.4) is 0 Å². The van der Waals surface area contributed by atoms with Gasteiger partial charge in [0.2, 0.25) is 0 Å². The summed E-state index contributed by atoms with van der Waals surface area (Å²) < 4.78 is 17.1. The number of carbonyl (C=O) groups is 2. The summed E-state index contributed by atoms with van der Waals surface area (Å²) in [5.41, 5.74) is 2.17. The summed E-state index contributed by atoms with van der Waals surface area (Å²) in [4.78, 5) is 28.2. The highest BCUT2D eigenvalue weighted by molar-refractivity contribution is 6.46. The third-order valence-corrected chi connectivity index (χ3v) is 6.49. The first-order chi connectivity index (χ1) is 18.1. The highest BCUT2D eigenvalue weighted by Crippen LogP contribution is 2.41. The minimum Gasteiger partial charge on any atom is -0.507 e. The van der Waals surface area contributed by atoms with Crippen LogP contribution in [-0.2, 0) is 16.0 Å². The molecule has 1 fully saturated rings. The molecule has 3 aromatic rings. The lowest BCUT2D eigenvalue weighted by molar-refractivity contribution is -0.139. The maximum Gasteiger partial charge on any atom is 0.295 e. The number of Topliss-reactive ketones (excluding diaryl/α,β-unsaturated/α-hetero) is 1. The Hall–Kier alpha value is -4.26. The number of likely N-dealkylation sites (tertiary alicyclic amines) is 1. The molecule has 0 spiro atoms. The summed E-state index contributed by atoms with van der Waals surface area (Å²) in [6, 6.07) is 21.4. The summed E-state index contributed by atoms with van der Waals surface area (Å²) in [6.07, 6.45) is 1.42. The molecule has 0 aromatic heterocycles. The second kappa shape index (κ2) is 10.8. The molecule has 2 aliphatic rings. The van der Waals surface area contributed by atoms with Gasteiger partial charge >= 0.3 is 0 Å². The molecule has 37 heavy (non-hydrogen) atoms. The van der Waals surface area contributed by atoms with E-state index in [2.05, 4.69) is 0 Å². The molecule has 1 amide bonds. The lowest BCUT2D eigenvalue weighted by Crippen LogP contribution is -2.31. The quantitative estimate of drug-likeness (QED) is 0.269. The number of ketones is 1. The van der Waals surface area contributed by atoms with Gasteiger partial charge in [0, 0.05) is 12.1 Å². The van der Waals surface area contributed by atoms with Gasteiger partial charge in [0.05, 0.1) is 18.2 Å². The predicted octanol–water partition coefficient (Wildman–Crippen LogP) is 4.91. The Morgan fingerprint density at radius 1 is 0.973 bits per heavy atom. The van der Waals surface area contributed by atoms with E-state index in [1.165, 1.54) is 4.90 Å². The Balaban J connectivity index is 1.57. The fraction of sp³-hybridized carbons (Fsp3) is 0.267. The number of fused-ring (bicyclic) bond motifs is 1.